The summed E-state index contributed by atoms with van der Waals surface area (Å²) >= 11 is 0. The van der Waals surface area contributed by atoms with Gasteiger partial charge in [-0.1, -0.05) is 0 Å². The highest BCUT2D eigenvalue weighted by Crippen LogP contribution is 2.46. The number of aromatic nitrogens is 1. The quantitative estimate of drug-likeness (QED) is 0.302. The van der Waals surface area contributed by atoms with Crippen molar-refractivity contribution < 1.29 is 26.3 Å². The SMILES string of the molecule is N#CNC1=NC(c2cc(C(F)(F)F)ccc2C(F)(F)F)c2c(nc(N)c(C#N)c2N)N1. The predicted octanol–water partition coefficient (Wildman–Crippen LogP) is 3.10. The molecule has 14 heteroatoms. The van der Waals surface area contributed by atoms with Gasteiger partial charge in [-0.2, -0.15) is 36.9 Å². The van der Waals surface area contributed by atoms with Crippen molar-refractivity contribution in [3.8, 4) is 12.3 Å². The largest absolute Gasteiger partial charge is 0.416 e. The average molecular weight is 440 g/mol. The van der Waals surface area contributed by atoms with Crippen molar-refractivity contribution in [3.05, 3.63) is 46.0 Å². The molecular weight excluding hydrogens is 430 g/mol. The van der Waals surface area contributed by atoms with E-state index >= 15 is 0 Å². The number of nitrogens with one attached hydrogen (secondary N) is 2. The van der Waals surface area contributed by atoms with Crippen molar-refractivity contribution >= 4 is 23.3 Å². The minimum atomic E-state index is -5.04. The fraction of sp³-hybridized carbons (Fsp3) is 0.176. The Bertz CT molecular complexity index is 1170. The molecule has 0 radical (unpaired) electrons. The highest BCUT2D eigenvalue weighted by molar-refractivity contribution is 5.98. The predicted molar refractivity (Wildman–Crippen MR) is 95.9 cm³/mol. The Hall–Kier alpha value is -4.20. The number of halogens is 6. The minimum Gasteiger partial charge on any atom is -0.397 e. The fourth-order valence-electron chi connectivity index (χ4n) is 3.03. The van der Waals surface area contributed by atoms with Crippen LogP contribution in [0.3, 0.4) is 0 Å². The van der Waals surface area contributed by atoms with E-state index in [1.165, 1.54) is 6.19 Å². The van der Waals surface area contributed by atoms with E-state index in [0.717, 1.165) is 0 Å². The van der Waals surface area contributed by atoms with Crippen molar-refractivity contribution in [1.29, 1.82) is 10.5 Å². The van der Waals surface area contributed by atoms with Crippen LogP contribution in [0.2, 0.25) is 0 Å². The van der Waals surface area contributed by atoms with Crippen LogP contribution in [-0.2, 0) is 12.4 Å². The highest BCUT2D eigenvalue weighted by atomic mass is 19.4. The second kappa shape index (κ2) is 7.24. The number of guanidine groups is 1. The van der Waals surface area contributed by atoms with Crippen LogP contribution in [-0.4, -0.2) is 10.9 Å². The first-order valence-electron chi connectivity index (χ1n) is 8.15. The summed E-state index contributed by atoms with van der Waals surface area (Å²) in [5.41, 5.74) is 6.79. The second-order valence-corrected chi connectivity index (χ2v) is 6.20. The first-order valence-corrected chi connectivity index (χ1v) is 8.15. The van der Waals surface area contributed by atoms with Crippen LogP contribution in [0.25, 0.3) is 0 Å². The molecule has 0 spiro atoms. The van der Waals surface area contributed by atoms with Crippen LogP contribution in [0.4, 0.5) is 43.7 Å². The molecule has 160 valence electrons. The van der Waals surface area contributed by atoms with Gasteiger partial charge in [0.1, 0.15) is 29.3 Å². The van der Waals surface area contributed by atoms with E-state index in [-0.39, 0.29) is 41.0 Å². The summed E-state index contributed by atoms with van der Waals surface area (Å²) in [6, 6.07) is 0.713. The van der Waals surface area contributed by atoms with Gasteiger partial charge in [-0.3, -0.25) is 5.32 Å². The number of nitrogens with two attached hydrogens (primary N) is 2. The third-order valence-electron chi connectivity index (χ3n) is 4.34. The molecule has 0 saturated carbocycles. The summed E-state index contributed by atoms with van der Waals surface area (Å²) < 4.78 is 80.6. The topological polar surface area (TPSA) is 149 Å². The highest BCUT2D eigenvalue weighted by Gasteiger charge is 2.41. The lowest BCUT2D eigenvalue weighted by atomic mass is 9.90. The third-order valence-corrected chi connectivity index (χ3v) is 4.34. The molecule has 3 rings (SSSR count). The van der Waals surface area contributed by atoms with E-state index < -0.39 is 46.7 Å². The standard InChI is InChI=1S/C17H10F6N8/c18-16(19,20)6-1-2-9(17(21,22)23)7(3-6)12-10-11(26)8(4-24)13(27)30-14(10)31-15(29-12)28-5-25/h1-3,12H,(H6,26,27,28,29,30,31). The number of pyridine rings is 1. The lowest BCUT2D eigenvalue weighted by Crippen LogP contribution is -2.33. The Kier molecular flexibility index (Phi) is 5.03. The van der Waals surface area contributed by atoms with Gasteiger partial charge >= 0.3 is 12.4 Å². The van der Waals surface area contributed by atoms with Gasteiger partial charge in [0.2, 0.25) is 5.96 Å². The normalized spacial score (nSPS) is 15.7. The molecule has 2 heterocycles. The van der Waals surface area contributed by atoms with Crippen molar-refractivity contribution in [1.82, 2.24) is 10.3 Å². The Labute approximate surface area is 169 Å². The number of aliphatic imine (C=N–C) groups is 1. The number of alkyl halides is 6. The number of fused-ring (bicyclic) bond motifs is 1. The van der Waals surface area contributed by atoms with Gasteiger partial charge in [0.15, 0.2) is 6.19 Å². The van der Waals surface area contributed by atoms with Crippen LogP contribution in [0.1, 0.15) is 33.9 Å². The van der Waals surface area contributed by atoms with Crippen molar-refractivity contribution in [2.75, 3.05) is 16.8 Å². The van der Waals surface area contributed by atoms with Gasteiger partial charge in [0.25, 0.3) is 0 Å². The smallest absolute Gasteiger partial charge is 0.397 e. The zero-order valence-corrected chi connectivity index (χ0v) is 15.0. The number of rotatable bonds is 1. The van der Waals surface area contributed by atoms with Gasteiger partial charge in [-0.25, -0.2) is 9.98 Å². The Morgan fingerprint density at radius 2 is 1.74 bits per heavy atom. The molecule has 1 aromatic heterocycles. The van der Waals surface area contributed by atoms with E-state index in [4.69, 9.17) is 16.7 Å². The molecule has 0 fully saturated rings. The van der Waals surface area contributed by atoms with Crippen molar-refractivity contribution in [2.45, 2.75) is 18.4 Å². The molecule has 0 saturated heterocycles. The average Bonchev–Trinajstić information content (AvgIpc) is 2.66. The molecule has 31 heavy (non-hydrogen) atoms. The Morgan fingerprint density at radius 1 is 1.06 bits per heavy atom. The minimum absolute atomic E-state index is 0.266. The lowest BCUT2D eigenvalue weighted by molar-refractivity contribution is -0.141. The van der Waals surface area contributed by atoms with Crippen LogP contribution in [0.15, 0.2) is 23.2 Å². The molecule has 1 aliphatic rings. The number of benzene rings is 1. The number of nitrogen functional groups attached to an aromatic ring is 2. The van der Waals surface area contributed by atoms with Gasteiger partial charge in [-0.15, -0.1) is 0 Å². The van der Waals surface area contributed by atoms with Crippen molar-refractivity contribution in [3.63, 3.8) is 0 Å². The number of nitriles is 2. The second-order valence-electron chi connectivity index (χ2n) is 6.20. The summed E-state index contributed by atoms with van der Waals surface area (Å²) in [4.78, 5) is 7.73. The zero-order chi connectivity index (χ0) is 23.1. The van der Waals surface area contributed by atoms with E-state index in [0.29, 0.717) is 0 Å². The van der Waals surface area contributed by atoms with Gasteiger partial charge in [0.05, 0.1) is 16.8 Å². The molecule has 2 aromatic rings. The molecule has 0 aliphatic carbocycles. The van der Waals surface area contributed by atoms with E-state index in [1.54, 1.807) is 6.07 Å². The van der Waals surface area contributed by atoms with Crippen LogP contribution >= 0.6 is 0 Å². The molecule has 1 aliphatic heterocycles. The van der Waals surface area contributed by atoms with Gasteiger partial charge in [-0.05, 0) is 23.8 Å². The van der Waals surface area contributed by atoms with E-state index in [2.05, 4.69) is 20.6 Å². The number of hydrogen-bond acceptors (Lipinski definition) is 8. The number of hydrogen-bond donors (Lipinski definition) is 4. The summed E-state index contributed by atoms with van der Waals surface area (Å²) in [7, 11) is 0. The molecule has 1 aromatic carbocycles. The Morgan fingerprint density at radius 3 is 2.29 bits per heavy atom. The molecule has 1 unspecified atom stereocenters. The molecule has 0 amide bonds. The zero-order valence-electron chi connectivity index (χ0n) is 15.0. The molecule has 0 bridgehead atoms. The van der Waals surface area contributed by atoms with E-state index in [1.807, 2.05) is 0 Å². The first-order chi connectivity index (χ1) is 14.4. The molecule has 1 atom stereocenters. The Balaban J connectivity index is 2.39. The van der Waals surface area contributed by atoms with Crippen LogP contribution in [0, 0.1) is 22.8 Å². The summed E-state index contributed by atoms with van der Waals surface area (Å²) in [5.74, 6) is -1.04. The molecule has 8 nitrogen and oxygen atoms in total. The fourth-order valence-corrected chi connectivity index (χ4v) is 3.03. The third kappa shape index (κ3) is 3.83. The van der Waals surface area contributed by atoms with Gasteiger partial charge < -0.3 is 16.8 Å². The lowest BCUT2D eigenvalue weighted by Gasteiger charge is -2.28. The van der Waals surface area contributed by atoms with Crippen LogP contribution < -0.4 is 22.1 Å². The maximum absolute atomic E-state index is 13.6. The molecular formula is C17H10F6N8. The van der Waals surface area contributed by atoms with Crippen LogP contribution in [0.5, 0.6) is 0 Å². The first kappa shape index (κ1) is 21.5. The number of nitrogens with zero attached hydrogens (tertiary/aromatic N) is 4. The summed E-state index contributed by atoms with van der Waals surface area (Å²) in [6.07, 6.45) is -8.51. The number of anilines is 3. The molecule has 6 N–H and O–H groups in total. The van der Waals surface area contributed by atoms with Gasteiger partial charge in [0, 0.05) is 5.56 Å². The maximum Gasteiger partial charge on any atom is 0.416 e. The maximum atomic E-state index is 13.6. The van der Waals surface area contributed by atoms with Crippen molar-refractivity contribution in [2.24, 2.45) is 4.99 Å². The monoisotopic (exact) mass is 440 g/mol. The summed E-state index contributed by atoms with van der Waals surface area (Å²) in [5, 5.41) is 22.6. The summed E-state index contributed by atoms with van der Waals surface area (Å²) in [6.45, 7) is 0. The van der Waals surface area contributed by atoms with E-state index in [9.17, 15) is 31.6 Å².